The van der Waals surface area contributed by atoms with Crippen LogP contribution in [-0.2, 0) is 4.79 Å². The number of nitrogens with one attached hydrogen (secondary N) is 2. The number of anilines is 2. The molecule has 0 radical (unpaired) electrons. The van der Waals surface area contributed by atoms with Crippen LogP contribution in [0.15, 0.2) is 48.5 Å². The summed E-state index contributed by atoms with van der Waals surface area (Å²) >= 11 is 0. The molecular weight excluding hydrogens is 438 g/mol. The first-order valence-corrected chi connectivity index (χ1v) is 13.3. The van der Waals surface area contributed by atoms with E-state index in [0.29, 0.717) is 17.5 Å². The lowest BCUT2D eigenvalue weighted by atomic mass is 9.84. The fourth-order valence-corrected chi connectivity index (χ4v) is 5.95. The summed E-state index contributed by atoms with van der Waals surface area (Å²) in [5, 5.41) is 5.91. The van der Waals surface area contributed by atoms with Gasteiger partial charge in [-0.15, -0.1) is 0 Å². The van der Waals surface area contributed by atoms with Crippen LogP contribution < -0.4 is 15.4 Å². The van der Waals surface area contributed by atoms with Gasteiger partial charge in [0, 0.05) is 34.8 Å². The van der Waals surface area contributed by atoms with E-state index in [1.807, 2.05) is 24.3 Å². The highest BCUT2D eigenvalue weighted by Crippen LogP contribution is 2.31. The third kappa shape index (κ3) is 6.04. The first-order valence-electron chi connectivity index (χ1n) is 13.3. The predicted molar refractivity (Wildman–Crippen MR) is 139 cm³/mol. The average molecular weight is 476 g/mol. The molecule has 6 nitrogen and oxygen atoms in total. The molecule has 1 aliphatic carbocycles. The normalized spacial score (nSPS) is 22.9. The second kappa shape index (κ2) is 11.3. The van der Waals surface area contributed by atoms with E-state index >= 15 is 0 Å². The number of rotatable bonds is 7. The molecule has 2 aliphatic heterocycles. The van der Waals surface area contributed by atoms with E-state index < -0.39 is 0 Å². The number of hydrogen-bond donors (Lipinski definition) is 2. The second-order valence-corrected chi connectivity index (χ2v) is 10.3. The number of amides is 2. The number of fused-ring (bicyclic) bond motifs is 1. The third-order valence-electron chi connectivity index (χ3n) is 7.95. The van der Waals surface area contributed by atoms with E-state index in [0.717, 1.165) is 49.4 Å². The summed E-state index contributed by atoms with van der Waals surface area (Å²) in [5.74, 6) is 1.48. The van der Waals surface area contributed by atoms with Crippen molar-refractivity contribution in [2.75, 3.05) is 30.3 Å². The molecule has 2 N–H and O–H groups in total. The number of ether oxygens (including phenoxy) is 1. The Morgan fingerprint density at radius 3 is 2.20 bits per heavy atom. The van der Waals surface area contributed by atoms with Gasteiger partial charge >= 0.3 is 0 Å². The van der Waals surface area contributed by atoms with Crippen LogP contribution in [0.1, 0.15) is 68.1 Å². The van der Waals surface area contributed by atoms with Gasteiger partial charge in [0.05, 0.1) is 6.61 Å². The number of benzene rings is 2. The van der Waals surface area contributed by atoms with Crippen molar-refractivity contribution < 1.29 is 14.3 Å². The van der Waals surface area contributed by atoms with Crippen LogP contribution in [0.25, 0.3) is 0 Å². The minimum Gasteiger partial charge on any atom is -0.493 e. The van der Waals surface area contributed by atoms with Gasteiger partial charge in [-0.2, -0.15) is 0 Å². The topological polar surface area (TPSA) is 70.7 Å². The Hall–Kier alpha value is -2.86. The second-order valence-electron chi connectivity index (χ2n) is 10.3. The van der Waals surface area contributed by atoms with Gasteiger partial charge in [-0.25, -0.2) is 0 Å². The number of carbonyl (C=O) groups is 2. The van der Waals surface area contributed by atoms with Crippen LogP contribution in [0.3, 0.4) is 0 Å². The zero-order valence-corrected chi connectivity index (χ0v) is 20.5. The lowest BCUT2D eigenvalue weighted by Crippen LogP contribution is -2.49. The Bertz CT molecular complexity index is 997. The Balaban J connectivity index is 1.10. The van der Waals surface area contributed by atoms with E-state index in [2.05, 4.69) is 15.5 Å². The number of piperidine rings is 2. The summed E-state index contributed by atoms with van der Waals surface area (Å²) in [5.41, 5.74) is 2.02. The van der Waals surface area contributed by atoms with Crippen LogP contribution in [0.4, 0.5) is 11.4 Å². The van der Waals surface area contributed by atoms with Crippen molar-refractivity contribution in [3.8, 4) is 5.75 Å². The smallest absolute Gasteiger partial charge is 0.255 e. The molecule has 0 unspecified atom stereocenters. The van der Waals surface area contributed by atoms with Crippen molar-refractivity contribution in [1.82, 2.24) is 4.90 Å². The molecule has 2 aromatic carbocycles. The van der Waals surface area contributed by atoms with E-state index in [1.165, 1.54) is 45.2 Å². The minimum atomic E-state index is -0.174. The van der Waals surface area contributed by atoms with Gasteiger partial charge in [0.15, 0.2) is 0 Å². The highest BCUT2D eigenvalue weighted by Gasteiger charge is 2.33. The van der Waals surface area contributed by atoms with Crippen molar-refractivity contribution in [2.24, 2.45) is 11.8 Å². The molecule has 2 amide bonds. The van der Waals surface area contributed by atoms with Crippen LogP contribution in [0.5, 0.6) is 5.75 Å². The zero-order chi connectivity index (χ0) is 24.0. The zero-order valence-electron chi connectivity index (χ0n) is 20.5. The highest BCUT2D eigenvalue weighted by atomic mass is 16.5. The molecule has 2 saturated heterocycles. The minimum absolute atomic E-state index is 0.0848. The Morgan fingerprint density at radius 2 is 1.43 bits per heavy atom. The Morgan fingerprint density at radius 1 is 0.771 bits per heavy atom. The molecule has 3 fully saturated rings. The standard InChI is InChI=1S/C29H37N3O3/c33-28(21-6-1-2-7-21)30-24-12-10-22(11-13-24)29(34)31-25-14-16-26(17-15-25)35-20-23-8-5-19-32-18-4-3-9-27(23)32/h10-17,21,23,27H,1-9,18-20H2,(H,30,33)(H,31,34)/t23-,27+/m0/s1. The largest absolute Gasteiger partial charge is 0.493 e. The number of carbonyl (C=O) groups excluding carboxylic acids is 2. The van der Waals surface area contributed by atoms with E-state index in [-0.39, 0.29) is 17.7 Å². The molecule has 1 saturated carbocycles. The summed E-state index contributed by atoms with van der Waals surface area (Å²) in [6, 6.07) is 15.4. The highest BCUT2D eigenvalue weighted by molar-refractivity contribution is 6.04. The van der Waals surface area contributed by atoms with E-state index in [9.17, 15) is 9.59 Å². The predicted octanol–water partition coefficient (Wildman–Crippen LogP) is 5.71. The maximum Gasteiger partial charge on any atom is 0.255 e. The lowest BCUT2D eigenvalue weighted by molar-refractivity contribution is -0.119. The quantitative estimate of drug-likeness (QED) is 0.538. The van der Waals surface area contributed by atoms with Crippen molar-refractivity contribution in [1.29, 1.82) is 0 Å². The van der Waals surface area contributed by atoms with Gasteiger partial charge in [-0.1, -0.05) is 19.3 Å². The summed E-state index contributed by atoms with van der Waals surface area (Å²) in [4.78, 5) is 27.6. The summed E-state index contributed by atoms with van der Waals surface area (Å²) in [7, 11) is 0. The average Bonchev–Trinajstić information content (AvgIpc) is 3.44. The monoisotopic (exact) mass is 475 g/mol. The van der Waals surface area contributed by atoms with Crippen LogP contribution in [0.2, 0.25) is 0 Å². The van der Waals surface area contributed by atoms with E-state index in [1.54, 1.807) is 24.3 Å². The van der Waals surface area contributed by atoms with Crippen molar-refractivity contribution in [3.05, 3.63) is 54.1 Å². The maximum absolute atomic E-state index is 12.7. The molecule has 6 heteroatoms. The molecule has 5 rings (SSSR count). The van der Waals surface area contributed by atoms with Gasteiger partial charge in [-0.3, -0.25) is 14.5 Å². The van der Waals surface area contributed by atoms with Gasteiger partial charge in [0.25, 0.3) is 5.91 Å². The lowest BCUT2D eigenvalue weighted by Gasteiger charge is -2.44. The molecule has 3 aliphatic rings. The van der Waals surface area contributed by atoms with E-state index in [4.69, 9.17) is 4.74 Å². The van der Waals surface area contributed by atoms with Crippen molar-refractivity contribution in [3.63, 3.8) is 0 Å². The van der Waals surface area contributed by atoms with Crippen molar-refractivity contribution in [2.45, 2.75) is 63.8 Å². The molecule has 35 heavy (non-hydrogen) atoms. The first-order chi connectivity index (χ1) is 17.2. The Kier molecular flexibility index (Phi) is 7.67. The summed E-state index contributed by atoms with van der Waals surface area (Å²) in [6.07, 6.45) is 10.7. The molecular formula is C29H37N3O3. The van der Waals surface area contributed by atoms with Crippen LogP contribution in [-0.4, -0.2) is 42.5 Å². The maximum atomic E-state index is 12.7. The fourth-order valence-electron chi connectivity index (χ4n) is 5.95. The van der Waals surface area contributed by atoms with Gasteiger partial charge in [-0.05, 0) is 100 Å². The Labute approximate surface area is 208 Å². The SMILES string of the molecule is O=C(Nc1ccc(OC[C@@H]2CCCN3CCCC[C@H]23)cc1)c1ccc(NC(=O)C2CCCC2)cc1. The number of nitrogens with zero attached hydrogens (tertiary/aromatic N) is 1. The fraction of sp³-hybridized carbons (Fsp3) is 0.517. The van der Waals surface area contributed by atoms with Gasteiger partial charge < -0.3 is 15.4 Å². The molecule has 2 heterocycles. The molecule has 2 atom stereocenters. The first kappa shape index (κ1) is 23.9. The third-order valence-corrected chi connectivity index (χ3v) is 7.95. The molecule has 0 spiro atoms. The summed E-state index contributed by atoms with van der Waals surface area (Å²) < 4.78 is 6.15. The van der Waals surface area contributed by atoms with Gasteiger partial charge in [0.2, 0.25) is 5.91 Å². The molecule has 2 aromatic rings. The molecule has 0 aromatic heterocycles. The van der Waals surface area contributed by atoms with Gasteiger partial charge in [0.1, 0.15) is 5.75 Å². The van der Waals surface area contributed by atoms with Crippen LogP contribution in [0, 0.1) is 11.8 Å². The van der Waals surface area contributed by atoms with Crippen molar-refractivity contribution >= 4 is 23.2 Å². The molecule has 0 bridgehead atoms. The molecule has 186 valence electrons. The summed E-state index contributed by atoms with van der Waals surface area (Å²) in [6.45, 7) is 3.25. The van der Waals surface area contributed by atoms with Crippen LogP contribution >= 0.6 is 0 Å². The number of hydrogen-bond acceptors (Lipinski definition) is 4.